The van der Waals surface area contributed by atoms with Crippen molar-refractivity contribution >= 4 is 23.1 Å². The van der Waals surface area contributed by atoms with Crippen molar-refractivity contribution in [1.82, 2.24) is 10.4 Å². The first-order valence-corrected chi connectivity index (χ1v) is 7.24. The van der Waals surface area contributed by atoms with Gasteiger partial charge in [0.25, 0.3) is 0 Å². The van der Waals surface area contributed by atoms with Gasteiger partial charge in [0, 0.05) is 23.6 Å². The van der Waals surface area contributed by atoms with Gasteiger partial charge in [-0.05, 0) is 19.1 Å². The summed E-state index contributed by atoms with van der Waals surface area (Å²) in [4.78, 5) is 4.44. The van der Waals surface area contributed by atoms with Crippen molar-refractivity contribution in [1.29, 1.82) is 0 Å². The first kappa shape index (κ1) is 13.0. The van der Waals surface area contributed by atoms with Crippen LogP contribution in [0.1, 0.15) is 24.0 Å². The molecule has 15 heavy (non-hydrogen) atoms. The fourth-order valence-corrected chi connectivity index (χ4v) is 2.87. The Kier molecular flexibility index (Phi) is 6.24. The summed E-state index contributed by atoms with van der Waals surface area (Å²) in [7, 11) is 0. The number of nitrogens with two attached hydrogens (primary N) is 1. The minimum atomic E-state index is 0.336. The highest BCUT2D eigenvalue weighted by Gasteiger charge is 2.09. The molecule has 0 aliphatic heterocycles. The number of nitrogens with one attached hydrogen (secondary N) is 1. The number of hydrogen-bond donors (Lipinski definition) is 2. The summed E-state index contributed by atoms with van der Waals surface area (Å²) in [5, 5.41) is 3.24. The van der Waals surface area contributed by atoms with Crippen molar-refractivity contribution in [3.63, 3.8) is 0 Å². The van der Waals surface area contributed by atoms with Crippen molar-refractivity contribution in [2.45, 2.75) is 32.7 Å². The molecule has 1 aromatic heterocycles. The van der Waals surface area contributed by atoms with Gasteiger partial charge in [-0.3, -0.25) is 11.3 Å². The predicted octanol–water partition coefficient (Wildman–Crippen LogP) is 1.97. The topological polar surface area (TPSA) is 50.9 Å². The highest BCUT2D eigenvalue weighted by atomic mass is 32.2. The number of hydrazine groups is 1. The summed E-state index contributed by atoms with van der Waals surface area (Å²) < 4.78 is 0. The highest BCUT2D eigenvalue weighted by molar-refractivity contribution is 7.99. The Bertz CT molecular complexity index is 275. The normalized spacial score (nSPS) is 13.0. The summed E-state index contributed by atoms with van der Waals surface area (Å²) in [5.41, 5.74) is 4.01. The van der Waals surface area contributed by atoms with E-state index in [1.54, 1.807) is 11.3 Å². The van der Waals surface area contributed by atoms with E-state index in [2.05, 4.69) is 22.7 Å². The van der Waals surface area contributed by atoms with E-state index in [1.807, 2.05) is 18.7 Å². The van der Waals surface area contributed by atoms with Crippen LogP contribution in [0.25, 0.3) is 0 Å². The van der Waals surface area contributed by atoms with Gasteiger partial charge < -0.3 is 0 Å². The second-order valence-electron chi connectivity index (χ2n) is 3.50. The molecule has 1 rings (SSSR count). The maximum absolute atomic E-state index is 5.52. The summed E-state index contributed by atoms with van der Waals surface area (Å²) >= 11 is 3.64. The molecule has 1 aromatic rings. The minimum Gasteiger partial charge on any atom is -0.271 e. The number of hydrogen-bond acceptors (Lipinski definition) is 5. The first-order valence-electron chi connectivity index (χ1n) is 5.21. The average Bonchev–Trinajstić information content (AvgIpc) is 2.63. The summed E-state index contributed by atoms with van der Waals surface area (Å²) in [5.74, 6) is 7.78. The molecule has 0 aliphatic rings. The molecule has 1 unspecified atom stereocenters. The van der Waals surface area contributed by atoms with Gasteiger partial charge in [0.05, 0.1) is 10.7 Å². The van der Waals surface area contributed by atoms with Crippen molar-refractivity contribution < 1.29 is 0 Å². The Labute approximate surface area is 99.8 Å². The summed E-state index contributed by atoms with van der Waals surface area (Å²) in [6.07, 6.45) is 2.15. The van der Waals surface area contributed by atoms with E-state index in [0.717, 1.165) is 22.9 Å². The zero-order valence-corrected chi connectivity index (χ0v) is 11.0. The minimum absolute atomic E-state index is 0.336. The van der Waals surface area contributed by atoms with Crippen LogP contribution in [0, 0.1) is 6.92 Å². The molecule has 3 nitrogen and oxygen atoms in total. The standard InChI is InChI=1S/C10H19N3S2/c1-3-4-14-6-10(13-11)5-9-7-15-8(2)12-9/h7,10,13H,3-6,11H2,1-2H3. The van der Waals surface area contributed by atoms with Crippen LogP contribution >= 0.6 is 23.1 Å². The lowest BCUT2D eigenvalue weighted by atomic mass is 10.2. The quantitative estimate of drug-likeness (QED) is 0.438. The second kappa shape index (κ2) is 7.22. The van der Waals surface area contributed by atoms with E-state index in [4.69, 9.17) is 5.84 Å². The number of rotatable bonds is 7. The predicted molar refractivity (Wildman–Crippen MR) is 69.3 cm³/mol. The maximum atomic E-state index is 5.52. The van der Waals surface area contributed by atoms with Crippen LogP contribution in [0.5, 0.6) is 0 Å². The van der Waals surface area contributed by atoms with Gasteiger partial charge in [0.15, 0.2) is 0 Å². The van der Waals surface area contributed by atoms with Crippen LogP contribution in [-0.4, -0.2) is 22.5 Å². The Balaban J connectivity index is 2.33. The molecule has 86 valence electrons. The molecule has 0 saturated carbocycles. The van der Waals surface area contributed by atoms with Crippen LogP contribution in [0.4, 0.5) is 0 Å². The van der Waals surface area contributed by atoms with Gasteiger partial charge >= 0.3 is 0 Å². The van der Waals surface area contributed by atoms with Crippen LogP contribution in [0.15, 0.2) is 5.38 Å². The van der Waals surface area contributed by atoms with Crippen molar-refractivity contribution in [2.24, 2.45) is 5.84 Å². The second-order valence-corrected chi connectivity index (χ2v) is 5.71. The molecule has 0 fully saturated rings. The fraction of sp³-hybridized carbons (Fsp3) is 0.700. The number of aromatic nitrogens is 1. The van der Waals surface area contributed by atoms with Gasteiger partial charge in [-0.1, -0.05) is 6.92 Å². The highest BCUT2D eigenvalue weighted by Crippen LogP contribution is 2.12. The summed E-state index contributed by atoms with van der Waals surface area (Å²) in [6.45, 7) is 4.23. The van der Waals surface area contributed by atoms with Gasteiger partial charge in [-0.15, -0.1) is 11.3 Å². The zero-order valence-electron chi connectivity index (χ0n) is 9.32. The number of thiazole rings is 1. The van der Waals surface area contributed by atoms with Crippen LogP contribution in [0.2, 0.25) is 0 Å². The molecular weight excluding hydrogens is 226 g/mol. The zero-order chi connectivity index (χ0) is 11.1. The molecule has 5 heteroatoms. The molecule has 0 spiro atoms. The lowest BCUT2D eigenvalue weighted by Gasteiger charge is -2.13. The lowest BCUT2D eigenvalue weighted by molar-refractivity contribution is 0.570. The van der Waals surface area contributed by atoms with E-state index >= 15 is 0 Å². The number of aryl methyl sites for hydroxylation is 1. The fourth-order valence-electron chi connectivity index (χ4n) is 1.29. The largest absolute Gasteiger partial charge is 0.271 e. The molecule has 0 amide bonds. The molecule has 0 bridgehead atoms. The van der Waals surface area contributed by atoms with Crippen LogP contribution < -0.4 is 11.3 Å². The van der Waals surface area contributed by atoms with Gasteiger partial charge in [-0.25, -0.2) is 4.98 Å². The van der Waals surface area contributed by atoms with Crippen molar-refractivity contribution in [2.75, 3.05) is 11.5 Å². The van der Waals surface area contributed by atoms with E-state index < -0.39 is 0 Å². The maximum Gasteiger partial charge on any atom is 0.0897 e. The monoisotopic (exact) mass is 245 g/mol. The van der Waals surface area contributed by atoms with Crippen LogP contribution in [-0.2, 0) is 6.42 Å². The molecule has 1 heterocycles. The molecular formula is C10H19N3S2. The van der Waals surface area contributed by atoms with Gasteiger partial charge in [0.2, 0.25) is 0 Å². The van der Waals surface area contributed by atoms with Crippen molar-refractivity contribution in [3.8, 4) is 0 Å². The first-order chi connectivity index (χ1) is 7.26. The molecule has 1 atom stereocenters. The Morgan fingerprint density at radius 3 is 3.00 bits per heavy atom. The van der Waals surface area contributed by atoms with Crippen molar-refractivity contribution in [3.05, 3.63) is 16.1 Å². The molecule has 3 N–H and O–H groups in total. The SMILES string of the molecule is CCCSCC(Cc1csc(C)n1)NN. The van der Waals surface area contributed by atoms with Gasteiger partial charge in [0.1, 0.15) is 0 Å². The van der Waals surface area contributed by atoms with E-state index in [9.17, 15) is 0 Å². The smallest absolute Gasteiger partial charge is 0.0897 e. The van der Waals surface area contributed by atoms with E-state index in [1.165, 1.54) is 12.2 Å². The average molecular weight is 245 g/mol. The number of nitrogens with zero attached hydrogens (tertiary/aromatic N) is 1. The van der Waals surface area contributed by atoms with Gasteiger partial charge in [-0.2, -0.15) is 11.8 Å². The molecule has 0 saturated heterocycles. The van der Waals surface area contributed by atoms with Crippen LogP contribution in [0.3, 0.4) is 0 Å². The Morgan fingerprint density at radius 1 is 1.67 bits per heavy atom. The Morgan fingerprint density at radius 2 is 2.47 bits per heavy atom. The lowest BCUT2D eigenvalue weighted by Crippen LogP contribution is -2.38. The molecule has 0 aromatic carbocycles. The molecule has 0 aliphatic carbocycles. The van der Waals surface area contributed by atoms with E-state index in [-0.39, 0.29) is 0 Å². The molecule has 0 radical (unpaired) electrons. The van der Waals surface area contributed by atoms with E-state index in [0.29, 0.717) is 6.04 Å². The Hall–Kier alpha value is -0.100. The summed E-state index contributed by atoms with van der Waals surface area (Å²) in [6, 6.07) is 0.336. The third-order valence-corrected chi connectivity index (χ3v) is 4.18. The third-order valence-electron chi connectivity index (χ3n) is 2.03. The third kappa shape index (κ3) is 4.97. The number of thioether (sulfide) groups is 1.